The molecule has 1 aliphatic heterocycles. The van der Waals surface area contributed by atoms with Crippen molar-refractivity contribution >= 4 is 17.4 Å². The van der Waals surface area contributed by atoms with Crippen LogP contribution in [0.2, 0.25) is 0 Å². The topological polar surface area (TPSA) is 66.8 Å². The summed E-state index contributed by atoms with van der Waals surface area (Å²) in [5.74, 6) is -1.45. The van der Waals surface area contributed by atoms with E-state index in [2.05, 4.69) is 0 Å². The Balaban J connectivity index is 2.15. The third-order valence-electron chi connectivity index (χ3n) is 4.52. The number of amides is 1. The summed E-state index contributed by atoms with van der Waals surface area (Å²) in [5.41, 5.74) is 2.48. The van der Waals surface area contributed by atoms with Crippen LogP contribution < -0.4 is 0 Å². The van der Waals surface area contributed by atoms with Gasteiger partial charge in [0, 0.05) is 19.2 Å². The summed E-state index contributed by atoms with van der Waals surface area (Å²) in [6, 6.07) is 15.8. The molecule has 1 N–H and O–H groups in total. The number of aliphatic hydroxyl groups is 1. The minimum absolute atomic E-state index is 0.112. The Kier molecular flexibility index (Phi) is 5.19. The summed E-state index contributed by atoms with van der Waals surface area (Å²) in [5, 5.41) is 10.8. The van der Waals surface area contributed by atoms with Crippen molar-refractivity contribution in [1.82, 2.24) is 4.90 Å². The van der Waals surface area contributed by atoms with E-state index in [1.54, 1.807) is 31.4 Å². The van der Waals surface area contributed by atoms with E-state index in [1.165, 1.54) is 4.90 Å². The van der Waals surface area contributed by atoms with Gasteiger partial charge in [-0.05, 0) is 12.5 Å². The number of carbonyl (C=O) groups excluding carboxylic acids is 2. The zero-order valence-corrected chi connectivity index (χ0v) is 14.8. The summed E-state index contributed by atoms with van der Waals surface area (Å²) >= 11 is 0. The first kappa shape index (κ1) is 17.9. The molecule has 0 spiro atoms. The standard InChI is InChI=1S/C21H21NO4/c1-14-8-10-15(11-9-14)18-17(19(23)16-6-4-3-5-7-16)20(24)21(25)22(18)12-13-26-2/h3-11,18,23H,12-13H2,1-2H3/b19-17-. The molecule has 2 aromatic rings. The molecule has 1 atom stereocenters. The van der Waals surface area contributed by atoms with Crippen LogP contribution in [0.1, 0.15) is 22.7 Å². The molecule has 0 bridgehead atoms. The normalized spacial score (nSPS) is 19.2. The molecule has 0 aromatic heterocycles. The fourth-order valence-corrected chi connectivity index (χ4v) is 3.15. The maximum absolute atomic E-state index is 12.7. The number of Topliss-reactive ketones (excluding diaryl/α,β-unsaturated/α-hetero) is 1. The first-order valence-electron chi connectivity index (χ1n) is 8.44. The van der Waals surface area contributed by atoms with E-state index in [0.29, 0.717) is 12.2 Å². The molecule has 1 unspecified atom stereocenters. The van der Waals surface area contributed by atoms with Gasteiger partial charge in [0.1, 0.15) is 5.76 Å². The van der Waals surface area contributed by atoms with Crippen molar-refractivity contribution in [3.05, 3.63) is 76.9 Å². The van der Waals surface area contributed by atoms with Gasteiger partial charge in [0.25, 0.3) is 11.7 Å². The predicted octanol–water partition coefficient (Wildman–Crippen LogP) is 3.06. The van der Waals surface area contributed by atoms with E-state index in [4.69, 9.17) is 4.74 Å². The first-order chi connectivity index (χ1) is 12.5. The van der Waals surface area contributed by atoms with E-state index >= 15 is 0 Å². The molecule has 3 rings (SSSR count). The third kappa shape index (κ3) is 3.26. The molecule has 1 aliphatic rings. The van der Waals surface area contributed by atoms with E-state index in [0.717, 1.165) is 11.1 Å². The summed E-state index contributed by atoms with van der Waals surface area (Å²) in [6.07, 6.45) is 0. The Hall–Kier alpha value is -2.92. The lowest BCUT2D eigenvalue weighted by Gasteiger charge is -2.25. The maximum atomic E-state index is 12.7. The Bertz CT molecular complexity index is 840. The lowest BCUT2D eigenvalue weighted by Crippen LogP contribution is -2.32. The quantitative estimate of drug-likeness (QED) is 0.511. The molecule has 26 heavy (non-hydrogen) atoms. The molecule has 5 nitrogen and oxygen atoms in total. The molecule has 0 radical (unpaired) electrons. The second-order valence-corrected chi connectivity index (χ2v) is 6.26. The Morgan fingerprint density at radius 3 is 2.35 bits per heavy atom. The molecule has 1 saturated heterocycles. The van der Waals surface area contributed by atoms with Crippen LogP contribution in [0.4, 0.5) is 0 Å². The number of ketones is 1. The second-order valence-electron chi connectivity index (χ2n) is 6.26. The van der Waals surface area contributed by atoms with Crippen LogP contribution in [-0.4, -0.2) is 42.0 Å². The maximum Gasteiger partial charge on any atom is 0.295 e. The molecule has 0 saturated carbocycles. The SMILES string of the molecule is COCCN1C(=O)C(=O)/C(=C(\O)c2ccccc2)C1c1ccc(C)cc1. The van der Waals surface area contributed by atoms with Gasteiger partial charge in [-0.2, -0.15) is 0 Å². The molecule has 1 amide bonds. The van der Waals surface area contributed by atoms with Crippen LogP contribution in [0, 0.1) is 6.92 Å². The summed E-state index contributed by atoms with van der Waals surface area (Å²) in [7, 11) is 1.54. The van der Waals surface area contributed by atoms with Crippen molar-refractivity contribution < 1.29 is 19.4 Å². The molecule has 5 heteroatoms. The summed E-state index contributed by atoms with van der Waals surface area (Å²) in [6.45, 7) is 2.54. The van der Waals surface area contributed by atoms with Gasteiger partial charge in [0.2, 0.25) is 0 Å². The number of ether oxygens (including phenoxy) is 1. The summed E-state index contributed by atoms with van der Waals surface area (Å²) < 4.78 is 5.09. The summed E-state index contributed by atoms with van der Waals surface area (Å²) in [4.78, 5) is 26.7. The minimum atomic E-state index is -0.673. The van der Waals surface area contributed by atoms with Crippen LogP contribution in [0.15, 0.2) is 60.2 Å². The molecule has 0 aliphatic carbocycles. The average molecular weight is 351 g/mol. The van der Waals surface area contributed by atoms with Crippen LogP contribution in [-0.2, 0) is 14.3 Å². The largest absolute Gasteiger partial charge is 0.507 e. The number of benzene rings is 2. The number of likely N-dealkylation sites (tertiary alicyclic amines) is 1. The van der Waals surface area contributed by atoms with E-state index in [-0.39, 0.29) is 17.9 Å². The van der Waals surface area contributed by atoms with Crippen molar-refractivity contribution in [1.29, 1.82) is 0 Å². The van der Waals surface area contributed by atoms with Gasteiger partial charge in [0.15, 0.2) is 0 Å². The van der Waals surface area contributed by atoms with Crippen LogP contribution in [0.3, 0.4) is 0 Å². The number of nitrogens with zero attached hydrogens (tertiary/aromatic N) is 1. The van der Waals surface area contributed by atoms with Gasteiger partial charge in [0.05, 0.1) is 18.2 Å². The highest BCUT2D eigenvalue weighted by Gasteiger charge is 2.45. The average Bonchev–Trinajstić information content (AvgIpc) is 2.91. The number of carbonyl (C=O) groups is 2. The van der Waals surface area contributed by atoms with Gasteiger partial charge >= 0.3 is 0 Å². The van der Waals surface area contributed by atoms with Crippen molar-refractivity contribution in [3.8, 4) is 0 Å². The smallest absolute Gasteiger partial charge is 0.295 e. The van der Waals surface area contributed by atoms with Gasteiger partial charge in [-0.15, -0.1) is 0 Å². The number of aliphatic hydroxyl groups excluding tert-OH is 1. The number of methoxy groups -OCH3 is 1. The Morgan fingerprint density at radius 2 is 1.73 bits per heavy atom. The highest BCUT2D eigenvalue weighted by molar-refractivity contribution is 6.46. The van der Waals surface area contributed by atoms with Crippen molar-refractivity contribution in [2.45, 2.75) is 13.0 Å². The second kappa shape index (κ2) is 7.54. The van der Waals surface area contributed by atoms with Gasteiger partial charge in [-0.25, -0.2) is 0 Å². The highest BCUT2D eigenvalue weighted by atomic mass is 16.5. The Morgan fingerprint density at radius 1 is 1.08 bits per heavy atom. The highest BCUT2D eigenvalue weighted by Crippen LogP contribution is 2.39. The lowest BCUT2D eigenvalue weighted by molar-refractivity contribution is -0.140. The zero-order valence-electron chi connectivity index (χ0n) is 14.8. The van der Waals surface area contributed by atoms with E-state index < -0.39 is 17.7 Å². The predicted molar refractivity (Wildman–Crippen MR) is 98.5 cm³/mol. The fraction of sp³-hybridized carbons (Fsp3) is 0.238. The van der Waals surface area contributed by atoms with Gasteiger partial charge < -0.3 is 14.7 Å². The first-order valence-corrected chi connectivity index (χ1v) is 8.44. The van der Waals surface area contributed by atoms with Crippen molar-refractivity contribution in [2.75, 3.05) is 20.3 Å². The van der Waals surface area contributed by atoms with Crippen LogP contribution in [0.25, 0.3) is 5.76 Å². The van der Waals surface area contributed by atoms with Crippen molar-refractivity contribution in [2.24, 2.45) is 0 Å². The van der Waals surface area contributed by atoms with E-state index in [9.17, 15) is 14.7 Å². The van der Waals surface area contributed by atoms with Crippen molar-refractivity contribution in [3.63, 3.8) is 0 Å². The van der Waals surface area contributed by atoms with E-state index in [1.807, 2.05) is 37.3 Å². The molecule has 1 heterocycles. The number of hydrogen-bond acceptors (Lipinski definition) is 4. The fourth-order valence-electron chi connectivity index (χ4n) is 3.15. The third-order valence-corrected chi connectivity index (χ3v) is 4.52. The zero-order chi connectivity index (χ0) is 18.7. The molecular weight excluding hydrogens is 330 g/mol. The molecular formula is C21H21NO4. The molecule has 2 aromatic carbocycles. The van der Waals surface area contributed by atoms with Crippen LogP contribution in [0.5, 0.6) is 0 Å². The lowest BCUT2D eigenvalue weighted by atomic mass is 9.95. The monoisotopic (exact) mass is 351 g/mol. The molecule has 1 fully saturated rings. The molecule has 134 valence electrons. The van der Waals surface area contributed by atoms with Gasteiger partial charge in [-0.1, -0.05) is 60.2 Å². The van der Waals surface area contributed by atoms with Gasteiger partial charge in [-0.3, -0.25) is 9.59 Å². The minimum Gasteiger partial charge on any atom is -0.507 e. The number of aryl methyl sites for hydroxylation is 1. The number of rotatable bonds is 5. The Labute approximate surface area is 152 Å². The van der Waals surface area contributed by atoms with Crippen LogP contribution >= 0.6 is 0 Å². The number of hydrogen-bond donors (Lipinski definition) is 1.